The predicted molar refractivity (Wildman–Crippen MR) is 150 cm³/mol. The molecular formula is C34H39F5O5. The monoisotopic (exact) mass is 622 g/mol. The zero-order chi connectivity index (χ0) is 32.0. The van der Waals surface area contributed by atoms with E-state index in [-0.39, 0.29) is 30.6 Å². The number of benzene rings is 1. The maximum Gasteiger partial charge on any atom is 0.456 e. The Kier molecular flexibility index (Phi) is 7.26. The molecule has 5 aliphatic rings. The highest BCUT2D eigenvalue weighted by Gasteiger charge is 2.79. The van der Waals surface area contributed by atoms with Crippen LogP contribution in [0.5, 0.6) is 0 Å². The molecule has 3 saturated carbocycles. The molecule has 10 heteroatoms. The lowest BCUT2D eigenvalue weighted by molar-refractivity contribution is -0.362. The van der Waals surface area contributed by atoms with Crippen LogP contribution >= 0.6 is 0 Å². The first kappa shape index (κ1) is 31.7. The molecule has 6 rings (SSSR count). The van der Waals surface area contributed by atoms with Crippen LogP contribution in [0.15, 0.2) is 35.4 Å². The molecule has 0 aromatic heterocycles. The minimum absolute atomic E-state index is 0.0245. The smallest absolute Gasteiger partial charge is 0.385 e. The molecular weight excluding hydrogens is 583 g/mol. The summed E-state index contributed by atoms with van der Waals surface area (Å²) in [5.74, 6) is -2.83. The molecule has 1 aromatic rings. The van der Waals surface area contributed by atoms with Crippen LogP contribution in [0.1, 0.15) is 89.2 Å². The van der Waals surface area contributed by atoms with E-state index < -0.39 is 52.8 Å². The predicted octanol–water partition coefficient (Wildman–Crippen LogP) is 6.46. The van der Waals surface area contributed by atoms with Gasteiger partial charge in [-0.05, 0) is 79.6 Å². The lowest BCUT2D eigenvalue weighted by atomic mass is 9.49. The van der Waals surface area contributed by atoms with Gasteiger partial charge in [-0.3, -0.25) is 4.79 Å². The van der Waals surface area contributed by atoms with E-state index in [1.807, 2.05) is 13.8 Å². The van der Waals surface area contributed by atoms with Gasteiger partial charge in [0.25, 0.3) is 0 Å². The van der Waals surface area contributed by atoms with E-state index in [4.69, 9.17) is 9.47 Å². The second-order valence-corrected chi connectivity index (χ2v) is 14.7. The van der Waals surface area contributed by atoms with E-state index in [1.165, 1.54) is 6.92 Å². The number of carbonyl (C=O) groups is 1. The van der Waals surface area contributed by atoms with E-state index in [1.54, 1.807) is 24.3 Å². The van der Waals surface area contributed by atoms with Gasteiger partial charge in [0.1, 0.15) is 5.60 Å². The van der Waals surface area contributed by atoms with Gasteiger partial charge in [-0.25, -0.2) is 0 Å². The number of allylic oxidation sites excluding steroid dienone is 1. The first-order valence-corrected chi connectivity index (χ1v) is 15.4. The minimum atomic E-state index is -5.91. The second kappa shape index (κ2) is 10.1. The summed E-state index contributed by atoms with van der Waals surface area (Å²) in [5.41, 5.74) is -3.58. The van der Waals surface area contributed by atoms with E-state index >= 15 is 8.78 Å². The van der Waals surface area contributed by atoms with Crippen LogP contribution in [0.3, 0.4) is 0 Å². The molecule has 2 N–H and O–H groups in total. The average molecular weight is 623 g/mol. The molecule has 6 atom stereocenters. The second-order valence-electron chi connectivity index (χ2n) is 14.7. The van der Waals surface area contributed by atoms with Gasteiger partial charge in [0.05, 0.1) is 18.8 Å². The number of ether oxygens (including phenoxy) is 2. The lowest BCUT2D eigenvalue weighted by Gasteiger charge is -2.59. The van der Waals surface area contributed by atoms with Crippen LogP contribution in [-0.2, 0) is 14.3 Å². The van der Waals surface area contributed by atoms with Crippen molar-refractivity contribution in [2.75, 3.05) is 13.2 Å². The van der Waals surface area contributed by atoms with Crippen molar-refractivity contribution in [1.82, 2.24) is 0 Å². The van der Waals surface area contributed by atoms with Gasteiger partial charge in [0, 0.05) is 35.2 Å². The molecule has 1 aromatic carbocycles. The Morgan fingerprint density at radius 1 is 0.955 bits per heavy atom. The average Bonchev–Trinajstić information content (AvgIpc) is 3.24. The lowest BCUT2D eigenvalue weighted by Crippen LogP contribution is -2.65. The van der Waals surface area contributed by atoms with Crippen molar-refractivity contribution < 1.29 is 46.4 Å². The van der Waals surface area contributed by atoms with Crippen LogP contribution in [0.2, 0.25) is 0 Å². The minimum Gasteiger partial charge on any atom is -0.385 e. The molecule has 0 bridgehead atoms. The van der Waals surface area contributed by atoms with Gasteiger partial charge >= 0.3 is 12.1 Å². The number of fused-ring (bicyclic) bond motifs is 4. The first-order chi connectivity index (χ1) is 20.4. The first-order valence-electron chi connectivity index (χ1n) is 15.4. The number of alkyl halides is 5. The van der Waals surface area contributed by atoms with Crippen molar-refractivity contribution in [2.24, 2.45) is 22.7 Å². The largest absolute Gasteiger partial charge is 0.456 e. The molecule has 1 spiro atoms. The summed E-state index contributed by atoms with van der Waals surface area (Å²) in [6.45, 7) is 6.43. The van der Waals surface area contributed by atoms with Crippen LogP contribution in [-0.4, -0.2) is 58.8 Å². The van der Waals surface area contributed by atoms with Crippen molar-refractivity contribution >= 4 is 6.29 Å². The molecule has 0 amide bonds. The molecule has 5 nitrogen and oxygen atoms in total. The number of hydrogen-bond donors (Lipinski definition) is 2. The maximum atomic E-state index is 15.2. The Morgan fingerprint density at radius 3 is 2.23 bits per heavy atom. The van der Waals surface area contributed by atoms with Crippen LogP contribution in [0, 0.1) is 34.5 Å². The molecule has 0 radical (unpaired) electrons. The summed E-state index contributed by atoms with van der Waals surface area (Å²) >= 11 is 0. The number of halogens is 5. The summed E-state index contributed by atoms with van der Waals surface area (Å²) in [7, 11) is 0. The topological polar surface area (TPSA) is 76.0 Å². The fourth-order valence-electron chi connectivity index (χ4n) is 9.22. The number of carbonyl (C=O) groups excluding carboxylic acids is 1. The molecule has 1 heterocycles. The van der Waals surface area contributed by atoms with Crippen molar-refractivity contribution in [3.05, 3.63) is 46.5 Å². The highest BCUT2D eigenvalue weighted by molar-refractivity contribution is 5.74. The Bertz CT molecular complexity index is 1410. The van der Waals surface area contributed by atoms with Crippen molar-refractivity contribution in [3.63, 3.8) is 0 Å². The van der Waals surface area contributed by atoms with Crippen LogP contribution < -0.4 is 0 Å². The number of aldehydes is 1. The zero-order valence-electron chi connectivity index (χ0n) is 25.2. The third-order valence-electron chi connectivity index (χ3n) is 11.5. The summed E-state index contributed by atoms with van der Waals surface area (Å²) in [6, 6.07) is 6.86. The summed E-state index contributed by atoms with van der Waals surface area (Å²) in [5, 5.41) is 23.7. The fourth-order valence-corrected chi connectivity index (χ4v) is 9.22. The quantitative estimate of drug-likeness (QED) is 0.171. The molecule has 44 heavy (non-hydrogen) atoms. The van der Waals surface area contributed by atoms with Crippen LogP contribution in [0.25, 0.3) is 0 Å². The zero-order valence-corrected chi connectivity index (χ0v) is 25.2. The van der Waals surface area contributed by atoms with Gasteiger partial charge in [-0.2, -0.15) is 22.0 Å². The molecule has 4 fully saturated rings. The van der Waals surface area contributed by atoms with E-state index in [0.29, 0.717) is 56.3 Å². The van der Waals surface area contributed by atoms with Gasteiger partial charge < -0.3 is 19.7 Å². The van der Waals surface area contributed by atoms with Crippen molar-refractivity contribution in [2.45, 2.75) is 107 Å². The number of rotatable bonds is 2. The van der Waals surface area contributed by atoms with Gasteiger partial charge in [-0.15, -0.1) is 0 Å². The Hall–Kier alpha value is -2.32. The molecule has 4 unspecified atom stereocenters. The Balaban J connectivity index is 1.46. The van der Waals surface area contributed by atoms with Crippen LogP contribution in [0.4, 0.5) is 22.0 Å². The SMILES string of the molecule is CC1(C)COC2(CCC3=C4C(CCC3(O)C2)C2CCC(O)(C(F)(F)C(F)(F)F)[C@@]2(C)C[C@@H]4c2ccc(C#CC=O)cc2)OC1. The molecule has 4 aliphatic carbocycles. The molecule has 240 valence electrons. The summed E-state index contributed by atoms with van der Waals surface area (Å²) in [6.07, 6.45) is -4.42. The third kappa shape index (κ3) is 4.59. The Morgan fingerprint density at radius 2 is 1.61 bits per heavy atom. The summed E-state index contributed by atoms with van der Waals surface area (Å²) in [4.78, 5) is 10.7. The van der Waals surface area contributed by atoms with E-state index in [2.05, 4.69) is 11.8 Å². The normalized spacial score (nSPS) is 37.8. The van der Waals surface area contributed by atoms with Gasteiger partial charge in [-0.1, -0.05) is 44.4 Å². The standard InChI is InChI=1S/C34H39F5O5/c1-28(2)19-43-31(44-20-28)14-11-26-27-23(10-13-30(26,41)18-31)25-12-15-32(42,33(35,36)34(37,38)39)29(25,3)17-24(27)22-8-6-21(7-9-22)5-4-16-40/h6-9,16,23-25,41-42H,10-15,17-20H2,1-3H3/t23?,24-,25?,29+,30?,32?/m1/s1. The highest BCUT2D eigenvalue weighted by Crippen LogP contribution is 2.71. The molecule has 1 aliphatic heterocycles. The third-order valence-corrected chi connectivity index (χ3v) is 11.5. The van der Waals surface area contributed by atoms with Gasteiger partial charge in [0.15, 0.2) is 12.1 Å². The van der Waals surface area contributed by atoms with E-state index in [9.17, 15) is 28.2 Å². The number of aliphatic hydroxyl groups is 2. The summed E-state index contributed by atoms with van der Waals surface area (Å²) < 4.78 is 84.5. The van der Waals surface area contributed by atoms with Crippen molar-refractivity contribution in [3.8, 4) is 11.8 Å². The fraction of sp³-hybridized carbons (Fsp3) is 0.676. The molecule has 1 saturated heterocycles. The Labute approximate surface area is 254 Å². The van der Waals surface area contributed by atoms with Gasteiger partial charge in [0.2, 0.25) is 0 Å². The van der Waals surface area contributed by atoms with E-state index in [0.717, 1.165) is 11.1 Å². The number of hydrogen-bond acceptors (Lipinski definition) is 5. The highest BCUT2D eigenvalue weighted by atomic mass is 19.4. The maximum absolute atomic E-state index is 15.2. The van der Waals surface area contributed by atoms with Crippen molar-refractivity contribution in [1.29, 1.82) is 0 Å².